The number of benzene rings is 1. The van der Waals surface area contributed by atoms with E-state index in [1.54, 1.807) is 12.1 Å². The fourth-order valence-electron chi connectivity index (χ4n) is 2.50. The monoisotopic (exact) mass is 340 g/mol. The van der Waals surface area contributed by atoms with Crippen molar-refractivity contribution in [2.24, 2.45) is 0 Å². The van der Waals surface area contributed by atoms with Gasteiger partial charge >= 0.3 is 0 Å². The fourth-order valence-corrected chi connectivity index (χ4v) is 3.07. The second-order valence-electron chi connectivity index (χ2n) is 4.74. The van der Waals surface area contributed by atoms with Gasteiger partial charge < -0.3 is 20.1 Å². The number of carbonyl (C=O) groups is 2. The molecule has 1 fully saturated rings. The molecule has 0 saturated carbocycles. The number of carbonyl (C=O) groups excluding carboxylic acids is 2. The highest BCUT2D eigenvalue weighted by atomic mass is 79.9. The van der Waals surface area contributed by atoms with Crippen LogP contribution in [0.5, 0.6) is 0 Å². The van der Waals surface area contributed by atoms with Gasteiger partial charge in [-0.05, 0) is 28.1 Å². The van der Waals surface area contributed by atoms with Crippen LogP contribution in [0.3, 0.4) is 0 Å². The molecule has 0 radical (unpaired) electrons. The van der Waals surface area contributed by atoms with Crippen molar-refractivity contribution in [2.45, 2.75) is 6.04 Å². The van der Waals surface area contributed by atoms with Crippen LogP contribution in [-0.2, 0) is 9.53 Å². The third kappa shape index (κ3) is 2.11. The number of hydrogen-bond acceptors (Lipinski definition) is 5. The van der Waals surface area contributed by atoms with Gasteiger partial charge in [0.25, 0.3) is 11.7 Å². The Morgan fingerprint density at radius 1 is 1.45 bits per heavy atom. The molecule has 2 aliphatic heterocycles. The molecule has 1 aromatic carbocycles. The average molecular weight is 341 g/mol. The molecule has 0 aliphatic carbocycles. The number of aliphatic hydroxyl groups is 1. The molecule has 1 atom stereocenters. The number of morpholine rings is 1. The standard InChI is InChI=1S/C13H13BrN2O4/c14-9-3-8-10(15-13(19)12(8)18)4-11(9)16-1-2-20-6-7(16)5-17/h3-4,7,17H,1-2,5-6H2,(H,15,18,19). The molecule has 2 heterocycles. The molecule has 106 valence electrons. The molecule has 1 amide bonds. The van der Waals surface area contributed by atoms with Crippen molar-refractivity contribution >= 4 is 39.0 Å². The molecule has 2 aliphatic rings. The van der Waals surface area contributed by atoms with Crippen molar-refractivity contribution in [1.29, 1.82) is 0 Å². The summed E-state index contributed by atoms with van der Waals surface area (Å²) in [5.41, 5.74) is 1.72. The lowest BCUT2D eigenvalue weighted by molar-refractivity contribution is -0.112. The maximum absolute atomic E-state index is 11.7. The molecule has 20 heavy (non-hydrogen) atoms. The van der Waals surface area contributed by atoms with E-state index in [-0.39, 0.29) is 12.6 Å². The molecule has 1 aromatic rings. The topological polar surface area (TPSA) is 78.9 Å². The van der Waals surface area contributed by atoms with Crippen LogP contribution >= 0.6 is 15.9 Å². The van der Waals surface area contributed by atoms with E-state index in [1.165, 1.54) is 0 Å². The molecule has 2 N–H and O–H groups in total. The highest BCUT2D eigenvalue weighted by Crippen LogP contribution is 2.36. The van der Waals surface area contributed by atoms with Gasteiger partial charge in [0.1, 0.15) is 0 Å². The van der Waals surface area contributed by atoms with Gasteiger partial charge in [0.05, 0.1) is 42.8 Å². The first kappa shape index (κ1) is 13.5. The van der Waals surface area contributed by atoms with Crippen LogP contribution in [0.1, 0.15) is 10.4 Å². The minimum absolute atomic E-state index is 0.0190. The van der Waals surface area contributed by atoms with E-state index in [2.05, 4.69) is 21.2 Å². The van der Waals surface area contributed by atoms with E-state index >= 15 is 0 Å². The van der Waals surface area contributed by atoms with Crippen molar-refractivity contribution in [2.75, 3.05) is 36.6 Å². The van der Waals surface area contributed by atoms with Gasteiger partial charge in [-0.15, -0.1) is 0 Å². The van der Waals surface area contributed by atoms with Crippen molar-refractivity contribution in [3.8, 4) is 0 Å². The first-order valence-corrected chi connectivity index (χ1v) is 7.05. The number of nitrogens with zero attached hydrogens (tertiary/aromatic N) is 1. The summed E-state index contributed by atoms with van der Waals surface area (Å²) < 4.78 is 6.07. The van der Waals surface area contributed by atoms with Gasteiger partial charge in [-0.1, -0.05) is 0 Å². The number of amides is 1. The number of ketones is 1. The van der Waals surface area contributed by atoms with Crippen molar-refractivity contribution in [3.05, 3.63) is 22.2 Å². The molecule has 7 heteroatoms. The minimum atomic E-state index is -0.607. The minimum Gasteiger partial charge on any atom is -0.394 e. The number of anilines is 2. The van der Waals surface area contributed by atoms with Crippen molar-refractivity contribution in [3.63, 3.8) is 0 Å². The van der Waals surface area contributed by atoms with Crippen LogP contribution < -0.4 is 10.2 Å². The van der Waals surface area contributed by atoms with E-state index in [0.717, 1.165) is 10.2 Å². The summed E-state index contributed by atoms with van der Waals surface area (Å²) in [7, 11) is 0. The number of aliphatic hydroxyl groups excluding tert-OH is 1. The van der Waals surface area contributed by atoms with Crippen LogP contribution in [0.15, 0.2) is 16.6 Å². The molecule has 0 aromatic heterocycles. The van der Waals surface area contributed by atoms with Crippen molar-refractivity contribution in [1.82, 2.24) is 0 Å². The summed E-state index contributed by atoms with van der Waals surface area (Å²) >= 11 is 3.43. The average Bonchev–Trinajstić information content (AvgIpc) is 2.73. The number of Topliss-reactive ketones (excluding diaryl/α,β-unsaturated/α-hetero) is 1. The predicted octanol–water partition coefficient (Wildman–Crippen LogP) is 0.781. The van der Waals surface area contributed by atoms with Gasteiger partial charge in [0.15, 0.2) is 0 Å². The zero-order valence-corrected chi connectivity index (χ0v) is 12.1. The van der Waals surface area contributed by atoms with Crippen LogP contribution in [0.2, 0.25) is 0 Å². The Labute approximate surface area is 123 Å². The van der Waals surface area contributed by atoms with Crippen LogP contribution in [0.4, 0.5) is 11.4 Å². The maximum atomic E-state index is 11.7. The van der Waals surface area contributed by atoms with E-state index in [1.807, 2.05) is 4.90 Å². The summed E-state index contributed by atoms with van der Waals surface area (Å²) in [5, 5.41) is 12.0. The summed E-state index contributed by atoms with van der Waals surface area (Å²) in [6.07, 6.45) is 0. The third-order valence-corrected chi connectivity index (χ3v) is 4.17. The summed E-state index contributed by atoms with van der Waals surface area (Å²) in [6.45, 7) is 1.65. The molecule has 6 nitrogen and oxygen atoms in total. The summed E-state index contributed by atoms with van der Waals surface area (Å²) in [6, 6.07) is 3.27. The van der Waals surface area contributed by atoms with Gasteiger partial charge in [0, 0.05) is 11.0 Å². The van der Waals surface area contributed by atoms with E-state index in [0.29, 0.717) is 31.0 Å². The maximum Gasteiger partial charge on any atom is 0.296 e. The first-order valence-electron chi connectivity index (χ1n) is 6.26. The van der Waals surface area contributed by atoms with Crippen LogP contribution in [-0.4, -0.2) is 49.2 Å². The van der Waals surface area contributed by atoms with Crippen LogP contribution in [0.25, 0.3) is 0 Å². The smallest absolute Gasteiger partial charge is 0.296 e. The number of halogens is 1. The molecule has 0 spiro atoms. The Balaban J connectivity index is 2.01. The normalized spacial score (nSPS) is 21.9. The predicted molar refractivity (Wildman–Crippen MR) is 76.1 cm³/mol. The molecule has 1 unspecified atom stereocenters. The lowest BCUT2D eigenvalue weighted by Gasteiger charge is -2.37. The molecular formula is C13H13BrN2O4. The Hall–Kier alpha value is -1.44. The molecular weight excluding hydrogens is 328 g/mol. The zero-order valence-electron chi connectivity index (χ0n) is 10.6. The van der Waals surface area contributed by atoms with Gasteiger partial charge in [0.2, 0.25) is 0 Å². The Morgan fingerprint density at radius 3 is 3.00 bits per heavy atom. The number of fused-ring (bicyclic) bond motifs is 1. The number of ether oxygens (including phenoxy) is 1. The van der Waals surface area contributed by atoms with E-state index in [9.17, 15) is 14.7 Å². The summed E-state index contributed by atoms with van der Waals surface area (Å²) in [4.78, 5) is 25.1. The van der Waals surface area contributed by atoms with Crippen LogP contribution in [0, 0.1) is 0 Å². The Bertz CT molecular complexity index is 590. The van der Waals surface area contributed by atoms with Gasteiger partial charge in [-0.3, -0.25) is 9.59 Å². The lowest BCUT2D eigenvalue weighted by atomic mass is 10.1. The number of rotatable bonds is 2. The molecule has 0 bridgehead atoms. The SMILES string of the molecule is O=C1Nc2cc(N3CCOCC3CO)c(Br)cc2C1=O. The first-order chi connectivity index (χ1) is 9.61. The van der Waals surface area contributed by atoms with E-state index in [4.69, 9.17) is 4.74 Å². The Kier molecular flexibility index (Phi) is 3.49. The Morgan fingerprint density at radius 2 is 2.25 bits per heavy atom. The highest BCUT2D eigenvalue weighted by Gasteiger charge is 2.31. The highest BCUT2D eigenvalue weighted by molar-refractivity contribution is 9.10. The molecule has 3 rings (SSSR count). The van der Waals surface area contributed by atoms with E-state index < -0.39 is 11.7 Å². The molecule has 1 saturated heterocycles. The summed E-state index contributed by atoms with van der Waals surface area (Å²) in [5.74, 6) is -1.13. The second kappa shape index (κ2) is 5.16. The van der Waals surface area contributed by atoms with Gasteiger partial charge in [-0.2, -0.15) is 0 Å². The number of hydrogen-bond donors (Lipinski definition) is 2. The number of nitrogens with one attached hydrogen (secondary N) is 1. The van der Waals surface area contributed by atoms with Crippen molar-refractivity contribution < 1.29 is 19.4 Å². The quantitative estimate of drug-likeness (QED) is 0.778. The zero-order chi connectivity index (χ0) is 14.3. The third-order valence-electron chi connectivity index (χ3n) is 3.53. The lowest BCUT2D eigenvalue weighted by Crippen LogP contribution is -2.47. The fraction of sp³-hybridized carbons (Fsp3) is 0.385. The largest absolute Gasteiger partial charge is 0.394 e. The van der Waals surface area contributed by atoms with Gasteiger partial charge in [-0.25, -0.2) is 0 Å². The second-order valence-corrected chi connectivity index (χ2v) is 5.59.